The van der Waals surface area contributed by atoms with Gasteiger partial charge in [0.05, 0.1) is 5.57 Å². The summed E-state index contributed by atoms with van der Waals surface area (Å²) >= 11 is 1.24. The van der Waals surface area contributed by atoms with Gasteiger partial charge in [0.15, 0.2) is 5.84 Å². The second-order valence-corrected chi connectivity index (χ2v) is 8.20. The molecule has 0 spiro atoms. The van der Waals surface area contributed by atoms with Gasteiger partial charge in [-0.05, 0) is 59.8 Å². The van der Waals surface area contributed by atoms with Gasteiger partial charge < -0.3 is 9.47 Å². The topological polar surface area (TPSA) is 100 Å². The number of fused-ring (bicyclic) bond motifs is 1. The normalized spacial score (nSPS) is 16.2. The van der Waals surface area contributed by atoms with Crippen LogP contribution in [0.1, 0.15) is 11.1 Å². The maximum Gasteiger partial charge on any atom is 0.283 e. The second-order valence-electron chi connectivity index (χ2n) is 7.25. The molecule has 9 heteroatoms. The van der Waals surface area contributed by atoms with Gasteiger partial charge in [0.1, 0.15) is 29.8 Å². The molecule has 2 aliphatic heterocycles. The maximum atomic E-state index is 12.6. The Kier molecular flexibility index (Phi) is 6.17. The van der Waals surface area contributed by atoms with Crippen molar-refractivity contribution in [1.29, 1.82) is 5.41 Å². The molecular weight excluding hydrogens is 450 g/mol. The Bertz CT molecular complexity index is 1310. The van der Waals surface area contributed by atoms with Crippen molar-refractivity contribution in [3.8, 4) is 11.5 Å². The Labute approximate surface area is 200 Å². The number of rotatable bonds is 7. The van der Waals surface area contributed by atoms with Crippen molar-refractivity contribution >= 4 is 39.8 Å². The number of nitrogens with one attached hydrogen (secondary N) is 1. The van der Waals surface area contributed by atoms with E-state index in [-0.39, 0.29) is 11.4 Å². The van der Waals surface area contributed by atoms with Crippen LogP contribution in [0.15, 0.2) is 94.8 Å². The van der Waals surface area contributed by atoms with E-state index in [1.807, 2.05) is 66.7 Å². The summed E-state index contributed by atoms with van der Waals surface area (Å²) in [6.07, 6.45) is 5.00. The fourth-order valence-electron chi connectivity index (χ4n) is 3.26. The molecule has 2 aliphatic rings. The van der Waals surface area contributed by atoms with Crippen molar-refractivity contribution in [3.63, 3.8) is 0 Å². The van der Waals surface area contributed by atoms with Gasteiger partial charge in [-0.2, -0.15) is 15.1 Å². The van der Waals surface area contributed by atoms with Crippen LogP contribution in [0.2, 0.25) is 0 Å². The summed E-state index contributed by atoms with van der Waals surface area (Å²) < 4.78 is 11.3. The van der Waals surface area contributed by atoms with Crippen LogP contribution in [0.4, 0.5) is 0 Å². The zero-order valence-electron chi connectivity index (χ0n) is 17.9. The Morgan fingerprint density at radius 1 is 0.941 bits per heavy atom. The summed E-state index contributed by atoms with van der Waals surface area (Å²) in [7, 11) is 0. The van der Waals surface area contributed by atoms with Gasteiger partial charge in [-0.1, -0.05) is 30.3 Å². The van der Waals surface area contributed by atoms with Crippen molar-refractivity contribution in [1.82, 2.24) is 9.99 Å². The average Bonchev–Trinajstić information content (AvgIpc) is 3.31. The molecule has 0 saturated carbocycles. The fraction of sp³-hybridized carbons (Fsp3) is 0.0800. The molecule has 0 radical (unpaired) electrons. The van der Waals surface area contributed by atoms with Crippen molar-refractivity contribution < 1.29 is 14.3 Å². The number of amides is 1. The minimum atomic E-state index is -0.468. The number of carbonyl (C=O) groups is 1. The Morgan fingerprint density at radius 2 is 1.68 bits per heavy atom. The standard InChI is InChI=1S/C25H19N5O3S/c26-22-21(23(31)28-25-30(22)29-24(34-25)18-5-4-12-27-16-18)15-17-8-10-20(11-9-17)33-14-13-32-19-6-2-1-3-7-19/h1-12,15-16,26H,13-14H2/b21-15-,26-22?. The van der Waals surface area contributed by atoms with Crippen LogP contribution in [0.3, 0.4) is 0 Å². The van der Waals surface area contributed by atoms with E-state index in [1.165, 1.54) is 16.8 Å². The molecule has 1 aromatic heterocycles. The molecule has 0 bridgehead atoms. The number of para-hydroxylation sites is 1. The highest BCUT2D eigenvalue weighted by Gasteiger charge is 2.36. The van der Waals surface area contributed by atoms with Crippen LogP contribution >= 0.6 is 11.8 Å². The molecule has 2 aromatic carbocycles. The predicted octanol–water partition coefficient (Wildman–Crippen LogP) is 4.21. The number of amidine groups is 2. The molecule has 3 aromatic rings. The van der Waals surface area contributed by atoms with E-state index in [0.717, 1.165) is 16.9 Å². The van der Waals surface area contributed by atoms with Crippen LogP contribution in [-0.4, -0.2) is 45.2 Å². The highest BCUT2D eigenvalue weighted by Crippen LogP contribution is 2.30. The number of ether oxygens (including phenoxy) is 2. The van der Waals surface area contributed by atoms with E-state index >= 15 is 0 Å². The van der Waals surface area contributed by atoms with Gasteiger partial charge in [-0.25, -0.2) is 0 Å². The van der Waals surface area contributed by atoms with Crippen molar-refractivity contribution in [2.45, 2.75) is 0 Å². The Balaban J connectivity index is 1.23. The number of hydrogen-bond acceptors (Lipinski definition) is 7. The number of aromatic nitrogens is 1. The number of carbonyl (C=O) groups excluding carboxylic acids is 1. The van der Waals surface area contributed by atoms with Crippen molar-refractivity contribution in [3.05, 3.63) is 95.8 Å². The fourth-order valence-corrected chi connectivity index (χ4v) is 4.14. The summed E-state index contributed by atoms with van der Waals surface area (Å²) in [4.78, 5) is 20.8. The lowest BCUT2D eigenvalue weighted by Gasteiger charge is -2.20. The smallest absolute Gasteiger partial charge is 0.283 e. The Hall–Kier alpha value is -4.24. The molecule has 1 amide bonds. The molecule has 1 N–H and O–H groups in total. The van der Waals surface area contributed by atoms with E-state index in [2.05, 4.69) is 15.1 Å². The zero-order chi connectivity index (χ0) is 23.3. The van der Waals surface area contributed by atoms with Gasteiger partial charge in [0.2, 0.25) is 5.17 Å². The number of benzene rings is 2. The van der Waals surface area contributed by atoms with E-state index < -0.39 is 5.91 Å². The molecule has 0 aliphatic carbocycles. The number of hydrazone groups is 1. The largest absolute Gasteiger partial charge is 0.490 e. The minimum Gasteiger partial charge on any atom is -0.490 e. The molecule has 5 rings (SSSR count). The first-order chi connectivity index (χ1) is 16.7. The molecule has 0 unspecified atom stereocenters. The first kappa shape index (κ1) is 21.6. The highest BCUT2D eigenvalue weighted by atomic mass is 32.2. The summed E-state index contributed by atoms with van der Waals surface area (Å²) in [5.74, 6) is 1.00. The van der Waals surface area contributed by atoms with E-state index in [9.17, 15) is 4.79 Å². The third kappa shape index (κ3) is 4.74. The number of aliphatic imine (C=N–C) groups is 1. The summed E-state index contributed by atoms with van der Waals surface area (Å²) in [5.41, 5.74) is 1.73. The monoisotopic (exact) mass is 469 g/mol. The first-order valence-corrected chi connectivity index (χ1v) is 11.3. The van der Waals surface area contributed by atoms with Gasteiger partial charge in [0, 0.05) is 18.0 Å². The molecule has 168 valence electrons. The molecule has 8 nitrogen and oxygen atoms in total. The molecule has 0 atom stereocenters. The quantitative estimate of drug-likeness (QED) is 0.411. The van der Waals surface area contributed by atoms with E-state index in [1.54, 1.807) is 18.5 Å². The number of thioether (sulfide) groups is 1. The van der Waals surface area contributed by atoms with Crippen LogP contribution < -0.4 is 9.47 Å². The number of nitrogens with zero attached hydrogens (tertiary/aromatic N) is 4. The number of pyridine rings is 1. The summed E-state index contributed by atoms with van der Waals surface area (Å²) in [5, 5.41) is 15.4. The molecule has 0 fully saturated rings. The lowest BCUT2D eigenvalue weighted by Crippen LogP contribution is -2.35. The predicted molar refractivity (Wildman–Crippen MR) is 132 cm³/mol. The Morgan fingerprint density at radius 3 is 2.38 bits per heavy atom. The second kappa shape index (κ2) is 9.72. The average molecular weight is 470 g/mol. The van der Waals surface area contributed by atoms with Crippen LogP contribution in [0.5, 0.6) is 11.5 Å². The minimum absolute atomic E-state index is 0.0141. The SMILES string of the molecule is N=C1/C(=C/c2ccc(OCCOc3ccccc3)cc2)C(=O)N=C2SC(c3cccnc3)=NN12. The van der Waals surface area contributed by atoms with E-state index in [0.29, 0.717) is 29.2 Å². The lowest BCUT2D eigenvalue weighted by molar-refractivity contribution is -0.114. The highest BCUT2D eigenvalue weighted by molar-refractivity contribution is 8.27. The lowest BCUT2D eigenvalue weighted by atomic mass is 10.1. The molecule has 0 saturated heterocycles. The summed E-state index contributed by atoms with van der Waals surface area (Å²) in [6.45, 7) is 0.830. The first-order valence-electron chi connectivity index (χ1n) is 10.5. The third-order valence-corrected chi connectivity index (χ3v) is 5.88. The van der Waals surface area contributed by atoms with Gasteiger partial charge in [-0.3, -0.25) is 15.2 Å². The third-order valence-electron chi connectivity index (χ3n) is 4.92. The molecule has 34 heavy (non-hydrogen) atoms. The van der Waals surface area contributed by atoms with Gasteiger partial charge >= 0.3 is 0 Å². The van der Waals surface area contributed by atoms with Crippen LogP contribution in [0.25, 0.3) is 6.08 Å². The van der Waals surface area contributed by atoms with Crippen molar-refractivity contribution in [2.24, 2.45) is 10.1 Å². The zero-order valence-corrected chi connectivity index (χ0v) is 18.7. The molecular formula is C25H19N5O3S. The number of hydrogen-bond donors (Lipinski definition) is 1. The molecule has 3 heterocycles. The van der Waals surface area contributed by atoms with Crippen LogP contribution in [0, 0.1) is 5.41 Å². The maximum absolute atomic E-state index is 12.6. The van der Waals surface area contributed by atoms with Crippen LogP contribution in [-0.2, 0) is 4.79 Å². The van der Waals surface area contributed by atoms with Gasteiger partial charge in [0.25, 0.3) is 5.91 Å². The summed E-state index contributed by atoms with van der Waals surface area (Å²) in [6, 6.07) is 20.5. The van der Waals surface area contributed by atoms with Gasteiger partial charge in [-0.15, -0.1) is 0 Å². The van der Waals surface area contributed by atoms with E-state index in [4.69, 9.17) is 14.9 Å². The van der Waals surface area contributed by atoms with Crippen molar-refractivity contribution in [2.75, 3.05) is 13.2 Å².